The van der Waals surface area contributed by atoms with Crippen molar-refractivity contribution in [3.8, 4) is 0 Å². The molecule has 0 aliphatic heterocycles. The van der Waals surface area contributed by atoms with Crippen molar-refractivity contribution in [2.75, 3.05) is 19.6 Å². The molecule has 1 aromatic heterocycles. The summed E-state index contributed by atoms with van der Waals surface area (Å²) in [6, 6.07) is 3.38. The molecule has 2 N–H and O–H groups in total. The van der Waals surface area contributed by atoms with E-state index in [9.17, 15) is 9.59 Å². The molecule has 5 heteroatoms. The van der Waals surface area contributed by atoms with E-state index in [1.54, 1.807) is 12.1 Å². The fourth-order valence-corrected chi connectivity index (χ4v) is 2.12. The van der Waals surface area contributed by atoms with Crippen LogP contribution < -0.4 is 10.6 Å². The van der Waals surface area contributed by atoms with Crippen molar-refractivity contribution in [1.29, 1.82) is 0 Å². The van der Waals surface area contributed by atoms with Crippen LogP contribution in [0.15, 0.2) is 12.1 Å². The monoisotopic (exact) mass is 254 g/mol. The summed E-state index contributed by atoms with van der Waals surface area (Å²) in [5, 5.41) is 6.01. The van der Waals surface area contributed by atoms with E-state index in [1.165, 1.54) is 18.3 Å². The van der Waals surface area contributed by atoms with Gasteiger partial charge in [0.05, 0.1) is 9.75 Å². The van der Waals surface area contributed by atoms with Crippen molar-refractivity contribution in [3.05, 3.63) is 21.9 Å². The quantitative estimate of drug-likeness (QED) is 0.575. The van der Waals surface area contributed by atoms with E-state index in [0.717, 1.165) is 19.5 Å². The van der Waals surface area contributed by atoms with Gasteiger partial charge in [-0.25, -0.2) is 0 Å². The molecular weight excluding hydrogens is 236 g/mol. The molecule has 0 saturated heterocycles. The molecule has 0 bridgehead atoms. The van der Waals surface area contributed by atoms with Gasteiger partial charge in [-0.1, -0.05) is 6.92 Å². The topological polar surface area (TPSA) is 58.2 Å². The van der Waals surface area contributed by atoms with Crippen molar-refractivity contribution in [2.24, 2.45) is 0 Å². The third-order valence-electron chi connectivity index (χ3n) is 2.19. The average molecular weight is 254 g/mol. The lowest BCUT2D eigenvalue weighted by Gasteiger charge is -2.04. The van der Waals surface area contributed by atoms with E-state index in [-0.39, 0.29) is 11.7 Å². The highest BCUT2D eigenvalue weighted by Crippen LogP contribution is 2.16. The summed E-state index contributed by atoms with van der Waals surface area (Å²) in [5.41, 5.74) is 0. The van der Waals surface area contributed by atoms with Gasteiger partial charge in [0.1, 0.15) is 0 Å². The Morgan fingerprint density at radius 3 is 2.47 bits per heavy atom. The fourth-order valence-electron chi connectivity index (χ4n) is 1.30. The minimum absolute atomic E-state index is 0.00124. The first-order chi connectivity index (χ1) is 8.15. The molecule has 94 valence electrons. The summed E-state index contributed by atoms with van der Waals surface area (Å²) in [7, 11) is 0. The van der Waals surface area contributed by atoms with Gasteiger partial charge in [-0.05, 0) is 32.0 Å². The first-order valence-electron chi connectivity index (χ1n) is 5.74. The van der Waals surface area contributed by atoms with Gasteiger partial charge in [-0.3, -0.25) is 9.59 Å². The molecular formula is C12H18N2O2S. The lowest BCUT2D eigenvalue weighted by Crippen LogP contribution is -2.31. The molecule has 0 aliphatic rings. The SMILES string of the molecule is CCCNCCNC(=O)c1ccc(C(C)=O)s1. The number of hydrogen-bond donors (Lipinski definition) is 2. The van der Waals surface area contributed by atoms with Crippen molar-refractivity contribution < 1.29 is 9.59 Å². The molecule has 0 aromatic carbocycles. The number of ketones is 1. The zero-order valence-corrected chi connectivity index (χ0v) is 11.0. The van der Waals surface area contributed by atoms with E-state index in [1.807, 2.05) is 0 Å². The molecule has 0 fully saturated rings. The average Bonchev–Trinajstić information content (AvgIpc) is 2.78. The van der Waals surface area contributed by atoms with Crippen LogP contribution >= 0.6 is 11.3 Å². The Balaban J connectivity index is 2.34. The highest BCUT2D eigenvalue weighted by atomic mass is 32.1. The van der Waals surface area contributed by atoms with Crippen LogP contribution in [-0.4, -0.2) is 31.3 Å². The maximum absolute atomic E-state index is 11.7. The third kappa shape index (κ3) is 4.66. The number of Topliss-reactive ketones (excluding diaryl/α,β-unsaturated/α-hetero) is 1. The van der Waals surface area contributed by atoms with Crippen LogP contribution in [0.3, 0.4) is 0 Å². The normalized spacial score (nSPS) is 10.2. The Labute approximate surface area is 105 Å². The molecule has 0 saturated carbocycles. The van der Waals surface area contributed by atoms with Gasteiger partial charge in [-0.2, -0.15) is 0 Å². The van der Waals surface area contributed by atoms with E-state index in [2.05, 4.69) is 17.6 Å². The maximum Gasteiger partial charge on any atom is 0.261 e. The number of amides is 1. The molecule has 0 radical (unpaired) electrons. The van der Waals surface area contributed by atoms with Gasteiger partial charge < -0.3 is 10.6 Å². The van der Waals surface area contributed by atoms with Crippen LogP contribution in [0.1, 0.15) is 39.6 Å². The Bertz CT molecular complexity index is 388. The minimum atomic E-state index is -0.110. The zero-order valence-electron chi connectivity index (χ0n) is 10.2. The number of carbonyl (C=O) groups excluding carboxylic acids is 2. The Hall–Kier alpha value is -1.20. The summed E-state index contributed by atoms with van der Waals surface area (Å²) in [6.07, 6.45) is 1.08. The highest BCUT2D eigenvalue weighted by molar-refractivity contribution is 7.15. The van der Waals surface area contributed by atoms with Gasteiger partial charge >= 0.3 is 0 Å². The maximum atomic E-state index is 11.7. The number of carbonyl (C=O) groups is 2. The number of nitrogens with one attached hydrogen (secondary N) is 2. The Morgan fingerprint density at radius 2 is 1.88 bits per heavy atom. The lowest BCUT2D eigenvalue weighted by molar-refractivity contribution is 0.0957. The fraction of sp³-hybridized carbons (Fsp3) is 0.500. The van der Waals surface area contributed by atoms with Gasteiger partial charge in [0.15, 0.2) is 5.78 Å². The molecule has 0 spiro atoms. The molecule has 1 aromatic rings. The van der Waals surface area contributed by atoms with Crippen LogP contribution in [0, 0.1) is 0 Å². The lowest BCUT2D eigenvalue weighted by atomic mass is 10.3. The molecule has 1 heterocycles. The predicted molar refractivity (Wildman–Crippen MR) is 69.8 cm³/mol. The Morgan fingerprint density at radius 1 is 1.18 bits per heavy atom. The zero-order chi connectivity index (χ0) is 12.7. The van der Waals surface area contributed by atoms with Crippen LogP contribution in [0.4, 0.5) is 0 Å². The minimum Gasteiger partial charge on any atom is -0.350 e. The Kier molecular flexibility index (Phi) is 5.86. The smallest absolute Gasteiger partial charge is 0.261 e. The highest BCUT2D eigenvalue weighted by Gasteiger charge is 2.10. The van der Waals surface area contributed by atoms with Crippen molar-refractivity contribution in [1.82, 2.24) is 10.6 Å². The predicted octanol–water partition coefficient (Wildman–Crippen LogP) is 1.68. The molecule has 1 amide bonds. The summed E-state index contributed by atoms with van der Waals surface area (Å²) < 4.78 is 0. The first-order valence-corrected chi connectivity index (χ1v) is 6.56. The van der Waals surface area contributed by atoms with Gasteiger partial charge in [-0.15, -0.1) is 11.3 Å². The van der Waals surface area contributed by atoms with E-state index < -0.39 is 0 Å². The van der Waals surface area contributed by atoms with E-state index in [0.29, 0.717) is 16.3 Å². The summed E-state index contributed by atoms with van der Waals surface area (Å²) in [6.45, 7) is 5.93. The molecule has 4 nitrogen and oxygen atoms in total. The third-order valence-corrected chi connectivity index (χ3v) is 3.38. The standard InChI is InChI=1S/C12H18N2O2S/c1-3-6-13-7-8-14-12(16)11-5-4-10(17-11)9(2)15/h4-5,13H,3,6-8H2,1-2H3,(H,14,16). The van der Waals surface area contributed by atoms with E-state index in [4.69, 9.17) is 0 Å². The van der Waals surface area contributed by atoms with Gasteiger partial charge in [0.2, 0.25) is 0 Å². The van der Waals surface area contributed by atoms with Gasteiger partial charge in [0, 0.05) is 13.1 Å². The largest absolute Gasteiger partial charge is 0.350 e. The van der Waals surface area contributed by atoms with Crippen LogP contribution in [-0.2, 0) is 0 Å². The van der Waals surface area contributed by atoms with Crippen molar-refractivity contribution in [3.63, 3.8) is 0 Å². The van der Waals surface area contributed by atoms with Crippen LogP contribution in [0.25, 0.3) is 0 Å². The summed E-state index contributed by atoms with van der Waals surface area (Å²) >= 11 is 1.24. The van der Waals surface area contributed by atoms with Crippen molar-refractivity contribution >= 4 is 23.0 Å². The molecule has 0 aliphatic carbocycles. The molecule has 17 heavy (non-hydrogen) atoms. The van der Waals surface area contributed by atoms with Crippen LogP contribution in [0.5, 0.6) is 0 Å². The van der Waals surface area contributed by atoms with Crippen LogP contribution in [0.2, 0.25) is 0 Å². The number of rotatable bonds is 7. The van der Waals surface area contributed by atoms with Crippen molar-refractivity contribution in [2.45, 2.75) is 20.3 Å². The number of hydrogen-bond acceptors (Lipinski definition) is 4. The second kappa shape index (κ2) is 7.19. The molecule has 1 rings (SSSR count). The first kappa shape index (κ1) is 13.9. The number of thiophene rings is 1. The second-order valence-electron chi connectivity index (χ2n) is 3.73. The summed E-state index contributed by atoms with van der Waals surface area (Å²) in [4.78, 5) is 24.0. The van der Waals surface area contributed by atoms with E-state index >= 15 is 0 Å². The molecule has 0 unspecified atom stereocenters. The van der Waals surface area contributed by atoms with Gasteiger partial charge in [0.25, 0.3) is 5.91 Å². The second-order valence-corrected chi connectivity index (χ2v) is 4.81. The summed E-state index contributed by atoms with van der Waals surface area (Å²) in [5.74, 6) is -0.112. The molecule has 0 atom stereocenters.